The van der Waals surface area contributed by atoms with Crippen LogP contribution in [0.2, 0.25) is 0 Å². The van der Waals surface area contributed by atoms with E-state index in [9.17, 15) is 9.50 Å². The number of methoxy groups -OCH3 is 1. The van der Waals surface area contributed by atoms with E-state index in [1.54, 1.807) is 7.11 Å². The molecule has 0 heterocycles. The van der Waals surface area contributed by atoms with Gasteiger partial charge in [0.2, 0.25) is 0 Å². The predicted molar refractivity (Wildman–Crippen MR) is 87.3 cm³/mol. The van der Waals surface area contributed by atoms with Gasteiger partial charge in [-0.2, -0.15) is 0 Å². The van der Waals surface area contributed by atoms with E-state index < -0.39 is 6.10 Å². The maximum absolute atomic E-state index is 12.8. The van der Waals surface area contributed by atoms with Crippen molar-refractivity contribution in [2.75, 3.05) is 20.3 Å². The van der Waals surface area contributed by atoms with Crippen LogP contribution in [0.15, 0.2) is 42.5 Å². The largest absolute Gasteiger partial charge is 0.496 e. The molecule has 0 saturated heterocycles. The van der Waals surface area contributed by atoms with E-state index in [1.807, 2.05) is 25.1 Å². The lowest BCUT2D eigenvalue weighted by Crippen LogP contribution is -2.31. The van der Waals surface area contributed by atoms with Crippen LogP contribution in [0.1, 0.15) is 11.1 Å². The van der Waals surface area contributed by atoms with E-state index in [0.29, 0.717) is 18.8 Å². The van der Waals surface area contributed by atoms with Gasteiger partial charge in [-0.1, -0.05) is 12.1 Å². The Morgan fingerprint density at radius 2 is 1.91 bits per heavy atom. The molecule has 0 fully saturated rings. The van der Waals surface area contributed by atoms with Gasteiger partial charge in [0.25, 0.3) is 0 Å². The normalized spacial score (nSPS) is 12.0. The van der Waals surface area contributed by atoms with Crippen molar-refractivity contribution in [2.45, 2.75) is 19.6 Å². The molecule has 0 aliphatic heterocycles. The van der Waals surface area contributed by atoms with Gasteiger partial charge in [0.05, 0.1) is 7.11 Å². The zero-order valence-electron chi connectivity index (χ0n) is 13.4. The Balaban J connectivity index is 1.72. The Morgan fingerprint density at radius 1 is 1.17 bits per heavy atom. The summed E-state index contributed by atoms with van der Waals surface area (Å²) in [6.45, 7) is 3.17. The van der Waals surface area contributed by atoms with Crippen LogP contribution in [-0.4, -0.2) is 31.5 Å². The van der Waals surface area contributed by atoms with Gasteiger partial charge in [-0.25, -0.2) is 4.39 Å². The summed E-state index contributed by atoms with van der Waals surface area (Å²) in [6.07, 6.45) is -0.646. The number of hydrogen-bond acceptors (Lipinski definition) is 4. The van der Waals surface area contributed by atoms with Crippen LogP contribution in [0.4, 0.5) is 4.39 Å². The second-order valence-corrected chi connectivity index (χ2v) is 5.35. The molecule has 23 heavy (non-hydrogen) atoms. The summed E-state index contributed by atoms with van der Waals surface area (Å²) in [6, 6.07) is 11.7. The van der Waals surface area contributed by atoms with Crippen molar-refractivity contribution in [1.29, 1.82) is 0 Å². The lowest BCUT2D eigenvalue weighted by Gasteiger charge is -2.14. The van der Waals surface area contributed by atoms with Gasteiger partial charge in [0.15, 0.2) is 0 Å². The van der Waals surface area contributed by atoms with Gasteiger partial charge < -0.3 is 19.9 Å². The number of hydrogen-bond donors (Lipinski definition) is 2. The van der Waals surface area contributed by atoms with Crippen molar-refractivity contribution in [3.63, 3.8) is 0 Å². The molecule has 124 valence electrons. The van der Waals surface area contributed by atoms with E-state index in [-0.39, 0.29) is 12.4 Å². The first-order valence-corrected chi connectivity index (χ1v) is 7.49. The number of aliphatic hydroxyl groups excluding tert-OH is 1. The molecule has 0 aromatic heterocycles. The molecule has 0 spiro atoms. The molecule has 2 aromatic rings. The van der Waals surface area contributed by atoms with E-state index in [1.165, 1.54) is 24.3 Å². The summed E-state index contributed by atoms with van der Waals surface area (Å²) in [7, 11) is 1.65. The monoisotopic (exact) mass is 319 g/mol. The minimum absolute atomic E-state index is 0.149. The van der Waals surface area contributed by atoms with Gasteiger partial charge in [-0.15, -0.1) is 0 Å². The molecule has 0 aliphatic carbocycles. The van der Waals surface area contributed by atoms with E-state index >= 15 is 0 Å². The second kappa shape index (κ2) is 8.50. The van der Waals surface area contributed by atoms with E-state index in [4.69, 9.17) is 9.47 Å². The van der Waals surface area contributed by atoms with Crippen LogP contribution in [0.25, 0.3) is 0 Å². The lowest BCUT2D eigenvalue weighted by atomic mass is 10.1. The fourth-order valence-corrected chi connectivity index (χ4v) is 2.14. The summed E-state index contributed by atoms with van der Waals surface area (Å²) in [5, 5.41) is 13.1. The predicted octanol–water partition coefficient (Wildman–Crippen LogP) is 2.67. The van der Waals surface area contributed by atoms with Gasteiger partial charge in [0.1, 0.15) is 30.0 Å². The van der Waals surface area contributed by atoms with Crippen molar-refractivity contribution < 1.29 is 19.0 Å². The quantitative estimate of drug-likeness (QED) is 0.785. The van der Waals surface area contributed by atoms with Gasteiger partial charge >= 0.3 is 0 Å². The van der Waals surface area contributed by atoms with Crippen LogP contribution < -0.4 is 14.8 Å². The standard InChI is InChI=1S/C18H22FNO3/c1-13-3-4-14(9-18(13)22-2)10-20-11-16(21)12-23-17-7-5-15(19)6-8-17/h3-9,16,20-21H,10-12H2,1-2H3. The first-order valence-electron chi connectivity index (χ1n) is 7.49. The zero-order chi connectivity index (χ0) is 16.7. The summed E-state index contributed by atoms with van der Waals surface area (Å²) in [5.74, 6) is 1.08. The van der Waals surface area contributed by atoms with Crippen molar-refractivity contribution >= 4 is 0 Å². The fraction of sp³-hybridized carbons (Fsp3) is 0.333. The second-order valence-electron chi connectivity index (χ2n) is 5.35. The maximum Gasteiger partial charge on any atom is 0.123 e. The van der Waals surface area contributed by atoms with Crippen molar-refractivity contribution in [1.82, 2.24) is 5.32 Å². The molecular formula is C18H22FNO3. The molecule has 2 aromatic carbocycles. The highest BCUT2D eigenvalue weighted by Gasteiger charge is 2.06. The minimum atomic E-state index is -0.646. The Bertz CT molecular complexity index is 616. The smallest absolute Gasteiger partial charge is 0.123 e. The minimum Gasteiger partial charge on any atom is -0.496 e. The molecule has 0 amide bonds. The highest BCUT2D eigenvalue weighted by Crippen LogP contribution is 2.18. The fourth-order valence-electron chi connectivity index (χ4n) is 2.14. The van der Waals surface area contributed by atoms with Crippen molar-refractivity contribution in [3.05, 3.63) is 59.4 Å². The third kappa shape index (κ3) is 5.54. The summed E-state index contributed by atoms with van der Waals surface area (Å²) in [5.41, 5.74) is 2.17. The molecule has 0 aliphatic rings. The van der Waals surface area contributed by atoms with Gasteiger partial charge in [0, 0.05) is 13.1 Å². The molecule has 4 nitrogen and oxygen atoms in total. The Hall–Kier alpha value is -2.11. The van der Waals surface area contributed by atoms with Crippen LogP contribution >= 0.6 is 0 Å². The van der Waals surface area contributed by atoms with Gasteiger partial charge in [-0.3, -0.25) is 0 Å². The SMILES string of the molecule is COc1cc(CNCC(O)COc2ccc(F)cc2)ccc1C. The zero-order valence-corrected chi connectivity index (χ0v) is 13.4. The van der Waals surface area contributed by atoms with Crippen molar-refractivity contribution in [2.24, 2.45) is 0 Å². The third-order valence-electron chi connectivity index (χ3n) is 3.44. The number of halogens is 1. The molecule has 0 saturated carbocycles. The summed E-state index contributed by atoms with van der Waals surface area (Å²) in [4.78, 5) is 0. The number of rotatable bonds is 8. The van der Waals surface area contributed by atoms with E-state index in [2.05, 4.69) is 5.32 Å². The summed E-state index contributed by atoms with van der Waals surface area (Å²) < 4.78 is 23.5. The topological polar surface area (TPSA) is 50.7 Å². The first-order chi connectivity index (χ1) is 11.1. The van der Waals surface area contributed by atoms with Crippen LogP contribution in [-0.2, 0) is 6.54 Å². The third-order valence-corrected chi connectivity index (χ3v) is 3.44. The average Bonchev–Trinajstić information content (AvgIpc) is 2.56. The molecule has 1 unspecified atom stereocenters. The molecule has 0 radical (unpaired) electrons. The molecule has 0 bridgehead atoms. The first kappa shape index (κ1) is 17.2. The lowest BCUT2D eigenvalue weighted by molar-refractivity contribution is 0.106. The Morgan fingerprint density at radius 3 is 2.61 bits per heavy atom. The van der Waals surface area contributed by atoms with Crippen molar-refractivity contribution in [3.8, 4) is 11.5 Å². The molecular weight excluding hydrogens is 297 g/mol. The Labute approximate surface area is 135 Å². The maximum atomic E-state index is 12.8. The highest BCUT2D eigenvalue weighted by molar-refractivity contribution is 5.36. The van der Waals surface area contributed by atoms with Gasteiger partial charge in [-0.05, 0) is 48.4 Å². The number of aliphatic hydroxyl groups is 1. The molecule has 2 rings (SSSR count). The molecule has 2 N–H and O–H groups in total. The van der Waals surface area contributed by atoms with E-state index in [0.717, 1.165) is 16.9 Å². The Kier molecular flexibility index (Phi) is 6.38. The van der Waals surface area contributed by atoms with Crippen LogP contribution in [0.5, 0.6) is 11.5 Å². The number of benzene rings is 2. The number of ether oxygens (including phenoxy) is 2. The summed E-state index contributed by atoms with van der Waals surface area (Å²) >= 11 is 0. The highest BCUT2D eigenvalue weighted by atomic mass is 19.1. The van der Waals surface area contributed by atoms with Crippen LogP contribution in [0, 0.1) is 12.7 Å². The molecule has 1 atom stereocenters. The average molecular weight is 319 g/mol. The number of nitrogens with one attached hydrogen (secondary N) is 1. The number of aryl methyl sites for hydroxylation is 1. The molecule has 5 heteroatoms. The van der Waals surface area contributed by atoms with Crippen LogP contribution in [0.3, 0.4) is 0 Å².